The van der Waals surface area contributed by atoms with Crippen molar-refractivity contribution in [2.45, 2.75) is 11.4 Å². The van der Waals surface area contributed by atoms with E-state index in [4.69, 9.17) is 0 Å². The molecule has 0 saturated carbocycles. The normalized spacial score (nSPS) is 15.0. The van der Waals surface area contributed by atoms with Crippen LogP contribution in [-0.2, 0) is 0 Å². The van der Waals surface area contributed by atoms with Crippen LogP contribution in [0.15, 0.2) is 90.2 Å². The third-order valence-corrected chi connectivity index (χ3v) is 5.71. The summed E-state index contributed by atoms with van der Waals surface area (Å²) >= 11 is 1.47. The molecule has 0 aliphatic carbocycles. The second-order valence-corrected chi connectivity index (χ2v) is 7.61. The molecule has 1 N–H and O–H groups in total. The Morgan fingerprint density at radius 1 is 0.862 bits per heavy atom. The molecule has 1 aromatic heterocycles. The predicted molar refractivity (Wildman–Crippen MR) is 118 cm³/mol. The Morgan fingerprint density at radius 2 is 1.62 bits per heavy atom. The topological polar surface area (TPSA) is 49.3 Å². The molecule has 0 spiro atoms. The van der Waals surface area contributed by atoms with E-state index in [2.05, 4.69) is 40.3 Å². The number of anilines is 2. The number of nitrogens with zero attached hydrogens (tertiary/aromatic N) is 3. The Morgan fingerprint density at radius 3 is 2.45 bits per heavy atom. The highest BCUT2D eigenvalue weighted by Gasteiger charge is 2.32. The van der Waals surface area contributed by atoms with Gasteiger partial charge in [0.25, 0.3) is 0 Å². The van der Waals surface area contributed by atoms with E-state index < -0.39 is 6.23 Å². The number of para-hydroxylation sites is 1. The summed E-state index contributed by atoms with van der Waals surface area (Å²) < 4.78 is 0. The molecule has 0 radical (unpaired) electrons. The van der Waals surface area contributed by atoms with Crippen molar-refractivity contribution in [1.29, 1.82) is 0 Å². The lowest BCUT2D eigenvalue weighted by atomic mass is 9.96. The first kappa shape index (κ1) is 17.9. The lowest BCUT2D eigenvalue weighted by molar-refractivity contribution is 0.178. The third-order valence-electron chi connectivity index (χ3n) is 5.15. The molecule has 0 saturated heterocycles. The van der Waals surface area contributed by atoms with Gasteiger partial charge in [-0.2, -0.15) is 0 Å². The molecule has 1 unspecified atom stereocenters. The van der Waals surface area contributed by atoms with Crippen LogP contribution in [0.2, 0.25) is 0 Å². The predicted octanol–water partition coefficient (Wildman–Crippen LogP) is 5.68. The Labute approximate surface area is 173 Å². The number of rotatable bonds is 3. The smallest absolute Gasteiger partial charge is 0.187 e. The van der Waals surface area contributed by atoms with Crippen molar-refractivity contribution in [1.82, 2.24) is 9.97 Å². The number of hydrogen-bond acceptors (Lipinski definition) is 5. The van der Waals surface area contributed by atoms with Crippen LogP contribution in [0, 0.1) is 0 Å². The molecular formula is C24H19N3OS. The summed E-state index contributed by atoms with van der Waals surface area (Å²) in [6.07, 6.45) is 2.86. The van der Waals surface area contributed by atoms with E-state index in [1.807, 2.05) is 65.9 Å². The fraction of sp³-hybridized carbons (Fsp3) is 0.0833. The molecule has 2 heterocycles. The van der Waals surface area contributed by atoms with Gasteiger partial charge in [-0.15, -0.1) is 0 Å². The Balaban J connectivity index is 1.68. The zero-order valence-electron chi connectivity index (χ0n) is 15.9. The van der Waals surface area contributed by atoms with Crippen LogP contribution in [0.4, 0.5) is 11.4 Å². The number of aliphatic hydroxyl groups excluding tert-OH is 1. The minimum Gasteiger partial charge on any atom is -0.368 e. The average molecular weight is 398 g/mol. The minimum absolute atomic E-state index is 0.633. The van der Waals surface area contributed by atoms with Crippen LogP contribution in [0.5, 0.6) is 0 Å². The summed E-state index contributed by atoms with van der Waals surface area (Å²) in [5.74, 6) is 0. The van der Waals surface area contributed by atoms with Crippen molar-refractivity contribution < 1.29 is 5.11 Å². The van der Waals surface area contributed by atoms with Crippen LogP contribution in [0.25, 0.3) is 22.3 Å². The van der Waals surface area contributed by atoms with Crippen molar-refractivity contribution in [2.24, 2.45) is 0 Å². The van der Waals surface area contributed by atoms with E-state index in [1.54, 1.807) is 0 Å². The maximum absolute atomic E-state index is 11.3. The molecule has 4 aromatic rings. The highest BCUT2D eigenvalue weighted by molar-refractivity contribution is 7.98. The SMILES string of the molecule is CSc1ncc2c(n1)C(O)N(c1cccc(-c3ccccc3)c1)c1ccccc1-2. The van der Waals surface area contributed by atoms with Gasteiger partial charge in [-0.25, -0.2) is 9.97 Å². The van der Waals surface area contributed by atoms with Gasteiger partial charge in [-0.05, 0) is 35.6 Å². The number of aromatic nitrogens is 2. The third kappa shape index (κ3) is 3.09. The summed E-state index contributed by atoms with van der Waals surface area (Å²) in [7, 11) is 0. The first-order chi connectivity index (χ1) is 14.3. The van der Waals surface area contributed by atoms with Gasteiger partial charge in [0.15, 0.2) is 11.4 Å². The van der Waals surface area contributed by atoms with E-state index in [1.165, 1.54) is 11.8 Å². The molecule has 29 heavy (non-hydrogen) atoms. The highest BCUT2D eigenvalue weighted by atomic mass is 32.2. The second-order valence-electron chi connectivity index (χ2n) is 6.83. The van der Waals surface area contributed by atoms with Gasteiger partial charge >= 0.3 is 0 Å². The van der Waals surface area contributed by atoms with E-state index in [0.29, 0.717) is 10.9 Å². The second kappa shape index (κ2) is 7.35. The minimum atomic E-state index is -0.889. The van der Waals surface area contributed by atoms with Crippen molar-refractivity contribution in [3.8, 4) is 22.3 Å². The fourth-order valence-electron chi connectivity index (χ4n) is 3.79. The van der Waals surface area contributed by atoms with Gasteiger partial charge < -0.3 is 10.0 Å². The van der Waals surface area contributed by atoms with Crippen LogP contribution in [0.3, 0.4) is 0 Å². The number of hydrogen-bond donors (Lipinski definition) is 1. The van der Waals surface area contributed by atoms with Crippen LogP contribution in [0.1, 0.15) is 11.9 Å². The average Bonchev–Trinajstić information content (AvgIpc) is 2.80. The lowest BCUT2D eigenvalue weighted by Gasteiger charge is -2.36. The molecule has 0 bridgehead atoms. The van der Waals surface area contributed by atoms with Crippen molar-refractivity contribution in [2.75, 3.05) is 11.2 Å². The van der Waals surface area contributed by atoms with E-state index in [-0.39, 0.29) is 0 Å². The van der Waals surface area contributed by atoms with E-state index in [9.17, 15) is 5.11 Å². The van der Waals surface area contributed by atoms with Gasteiger partial charge in [0, 0.05) is 23.0 Å². The molecule has 0 fully saturated rings. The monoisotopic (exact) mass is 397 g/mol. The standard InChI is InChI=1S/C24H19N3OS/c1-29-24-25-15-20-19-12-5-6-13-21(19)27(23(28)22(20)26-24)18-11-7-10-17(14-18)16-8-3-2-4-9-16/h2-15,23,28H,1H3. The van der Waals surface area contributed by atoms with Crippen molar-refractivity contribution >= 4 is 23.1 Å². The van der Waals surface area contributed by atoms with Crippen LogP contribution < -0.4 is 4.90 Å². The molecule has 3 aromatic carbocycles. The molecule has 4 nitrogen and oxygen atoms in total. The molecule has 142 valence electrons. The summed E-state index contributed by atoms with van der Waals surface area (Å²) in [6.45, 7) is 0. The Hall–Kier alpha value is -3.15. The maximum Gasteiger partial charge on any atom is 0.187 e. The van der Waals surface area contributed by atoms with Gasteiger partial charge in [0.05, 0.1) is 5.69 Å². The van der Waals surface area contributed by atoms with Crippen molar-refractivity contribution in [3.63, 3.8) is 0 Å². The van der Waals surface area contributed by atoms with E-state index >= 15 is 0 Å². The number of aliphatic hydroxyl groups is 1. The molecule has 1 aliphatic heterocycles. The first-order valence-electron chi connectivity index (χ1n) is 9.39. The quantitative estimate of drug-likeness (QED) is 0.356. The summed E-state index contributed by atoms with van der Waals surface area (Å²) in [6, 6.07) is 26.6. The van der Waals surface area contributed by atoms with Crippen LogP contribution in [-0.4, -0.2) is 21.3 Å². The summed E-state index contributed by atoms with van der Waals surface area (Å²) in [5.41, 5.74) is 6.63. The molecule has 1 aliphatic rings. The zero-order valence-corrected chi connectivity index (χ0v) is 16.7. The van der Waals surface area contributed by atoms with Gasteiger partial charge in [-0.3, -0.25) is 0 Å². The molecule has 5 rings (SSSR count). The molecular weight excluding hydrogens is 378 g/mol. The fourth-order valence-corrected chi connectivity index (χ4v) is 4.14. The Bertz CT molecular complexity index is 1180. The number of fused-ring (bicyclic) bond motifs is 3. The largest absolute Gasteiger partial charge is 0.368 e. The van der Waals surface area contributed by atoms with Gasteiger partial charge in [0.2, 0.25) is 0 Å². The zero-order chi connectivity index (χ0) is 19.8. The lowest BCUT2D eigenvalue weighted by Crippen LogP contribution is -2.29. The van der Waals surface area contributed by atoms with Gasteiger partial charge in [-0.1, -0.05) is 72.4 Å². The maximum atomic E-state index is 11.3. The Kier molecular flexibility index (Phi) is 4.54. The molecule has 0 amide bonds. The molecule has 1 atom stereocenters. The van der Waals surface area contributed by atoms with Crippen molar-refractivity contribution in [3.05, 3.63) is 90.8 Å². The molecule has 5 heteroatoms. The highest BCUT2D eigenvalue weighted by Crippen LogP contribution is 2.47. The summed E-state index contributed by atoms with van der Waals surface area (Å²) in [5, 5.41) is 12.0. The van der Waals surface area contributed by atoms with E-state index in [0.717, 1.165) is 33.6 Å². The van der Waals surface area contributed by atoms with Gasteiger partial charge in [0.1, 0.15) is 5.69 Å². The number of thioether (sulfide) groups is 1. The summed E-state index contributed by atoms with van der Waals surface area (Å²) in [4.78, 5) is 11.0. The van der Waals surface area contributed by atoms with Crippen LogP contribution >= 0.6 is 11.8 Å². The first-order valence-corrected chi connectivity index (χ1v) is 10.6. The number of benzene rings is 3.